The quantitative estimate of drug-likeness (QED) is 0.425. The van der Waals surface area contributed by atoms with Crippen LogP contribution in [0.1, 0.15) is 58.8 Å². The first-order valence-corrected chi connectivity index (χ1v) is 16.4. The average molecular weight is 618 g/mol. The number of halogens is 2. The molecule has 3 saturated heterocycles. The molecule has 3 amide bonds. The lowest BCUT2D eigenvalue weighted by molar-refractivity contribution is -0.141. The van der Waals surface area contributed by atoms with Crippen molar-refractivity contribution in [3.63, 3.8) is 0 Å². The smallest absolute Gasteiger partial charge is 0.246 e. The Labute approximate surface area is 258 Å². The van der Waals surface area contributed by atoms with E-state index in [1.54, 1.807) is 23.1 Å². The molecular weight excluding hydrogens is 575 g/mol. The van der Waals surface area contributed by atoms with Crippen molar-refractivity contribution >= 4 is 46.6 Å². The minimum atomic E-state index is -1.18. The molecule has 1 aromatic carbocycles. The fourth-order valence-electron chi connectivity index (χ4n) is 8.02. The van der Waals surface area contributed by atoms with Gasteiger partial charge in [-0.15, -0.1) is 0 Å². The Hall–Kier alpha value is -2.13. The van der Waals surface area contributed by atoms with Crippen LogP contribution < -0.4 is 10.6 Å². The number of carbonyl (C=O) groups excluding carboxylic acids is 3. The molecule has 4 aliphatic heterocycles. The number of ether oxygens (including phenoxy) is 1. The van der Waals surface area contributed by atoms with Crippen molar-refractivity contribution in [2.75, 3.05) is 31.5 Å². The molecule has 4 fully saturated rings. The zero-order valence-electron chi connectivity index (χ0n) is 24.5. The van der Waals surface area contributed by atoms with Crippen molar-refractivity contribution in [3.8, 4) is 0 Å². The second-order valence-corrected chi connectivity index (χ2v) is 13.9. The van der Waals surface area contributed by atoms with Gasteiger partial charge in [-0.3, -0.25) is 14.4 Å². The van der Waals surface area contributed by atoms with E-state index in [2.05, 4.69) is 29.4 Å². The van der Waals surface area contributed by atoms with Crippen LogP contribution in [0.5, 0.6) is 0 Å². The molecule has 8 atom stereocenters. The molecule has 42 heavy (non-hydrogen) atoms. The molecule has 0 aromatic heterocycles. The van der Waals surface area contributed by atoms with Crippen LogP contribution in [0.4, 0.5) is 5.69 Å². The van der Waals surface area contributed by atoms with Crippen molar-refractivity contribution in [1.29, 1.82) is 0 Å². The number of hydrogen-bond donors (Lipinski definition) is 2. The maximum atomic E-state index is 14.3. The van der Waals surface area contributed by atoms with Crippen molar-refractivity contribution in [1.82, 2.24) is 15.1 Å². The van der Waals surface area contributed by atoms with Gasteiger partial charge in [0.25, 0.3) is 0 Å². The van der Waals surface area contributed by atoms with Gasteiger partial charge in [-0.1, -0.05) is 74.9 Å². The van der Waals surface area contributed by atoms with E-state index >= 15 is 0 Å². The summed E-state index contributed by atoms with van der Waals surface area (Å²) in [6.07, 6.45) is 11.0. The summed E-state index contributed by atoms with van der Waals surface area (Å²) in [5, 5.41) is 7.04. The molecule has 5 aliphatic rings. The number of nitrogens with zero attached hydrogens (tertiary/aromatic N) is 2. The van der Waals surface area contributed by atoms with Gasteiger partial charge in [-0.05, 0) is 62.4 Å². The van der Waals surface area contributed by atoms with Crippen LogP contribution in [0.2, 0.25) is 10.0 Å². The molecule has 8 nitrogen and oxygen atoms in total. The average Bonchev–Trinajstić information content (AvgIpc) is 3.48. The summed E-state index contributed by atoms with van der Waals surface area (Å²) in [6.45, 7) is 7.55. The Balaban J connectivity index is 1.28. The van der Waals surface area contributed by atoms with Crippen molar-refractivity contribution in [2.45, 2.75) is 82.6 Å². The van der Waals surface area contributed by atoms with E-state index in [9.17, 15) is 14.4 Å². The number of amides is 3. The van der Waals surface area contributed by atoms with E-state index in [0.717, 1.165) is 45.2 Å². The molecule has 4 heterocycles. The van der Waals surface area contributed by atoms with Crippen LogP contribution in [-0.4, -0.2) is 77.5 Å². The zero-order chi connectivity index (χ0) is 29.6. The van der Waals surface area contributed by atoms with Crippen LogP contribution in [0.3, 0.4) is 0 Å². The van der Waals surface area contributed by atoms with Gasteiger partial charge < -0.3 is 25.2 Å². The lowest BCUT2D eigenvalue weighted by Gasteiger charge is -2.38. The van der Waals surface area contributed by atoms with Crippen LogP contribution in [0.15, 0.2) is 30.4 Å². The zero-order valence-corrected chi connectivity index (χ0v) is 26.0. The largest absolute Gasteiger partial charge is 0.359 e. The Kier molecular flexibility index (Phi) is 8.62. The van der Waals surface area contributed by atoms with Crippen molar-refractivity contribution < 1.29 is 19.1 Å². The van der Waals surface area contributed by atoms with Crippen LogP contribution in [-0.2, 0) is 19.1 Å². The molecule has 6 rings (SSSR count). The highest BCUT2D eigenvalue weighted by molar-refractivity contribution is 6.35. The lowest BCUT2D eigenvalue weighted by atomic mass is 9.73. The maximum Gasteiger partial charge on any atom is 0.246 e. The monoisotopic (exact) mass is 616 g/mol. The van der Waals surface area contributed by atoms with Gasteiger partial charge in [0, 0.05) is 34.9 Å². The first-order valence-electron chi connectivity index (χ1n) is 15.7. The van der Waals surface area contributed by atoms with Gasteiger partial charge in [-0.2, -0.15) is 0 Å². The number of benzene rings is 1. The van der Waals surface area contributed by atoms with Crippen LogP contribution in [0.25, 0.3) is 0 Å². The Morgan fingerprint density at radius 2 is 1.69 bits per heavy atom. The summed E-state index contributed by atoms with van der Waals surface area (Å²) in [4.78, 5) is 46.4. The van der Waals surface area contributed by atoms with Gasteiger partial charge in [0.05, 0.1) is 17.9 Å². The summed E-state index contributed by atoms with van der Waals surface area (Å²) >= 11 is 12.3. The minimum Gasteiger partial charge on any atom is -0.359 e. The molecular formula is C32H42Cl2N4O4. The Bertz CT molecular complexity index is 1230. The van der Waals surface area contributed by atoms with Gasteiger partial charge >= 0.3 is 0 Å². The second-order valence-electron chi connectivity index (χ2n) is 13.0. The summed E-state index contributed by atoms with van der Waals surface area (Å²) in [6, 6.07) is 4.06. The SMILES string of the molecule is C[C@H]1[C@H](C)CCC[C@@H]1NC(=O)[C@@H]1N(CCN2CCCCCC2)C(=O)[C@@H]2[C@@H](C(=O)Nc3cc(Cl)cc(Cl)c3)[C@@H]3C=C[C@]21O3. The number of nitrogens with one attached hydrogen (secondary N) is 2. The molecule has 1 saturated carbocycles. The summed E-state index contributed by atoms with van der Waals surface area (Å²) in [5.74, 6) is -1.40. The van der Waals surface area contributed by atoms with Crippen molar-refractivity contribution in [2.24, 2.45) is 23.7 Å². The van der Waals surface area contributed by atoms with E-state index in [-0.39, 0.29) is 23.8 Å². The molecule has 0 radical (unpaired) electrons. The van der Waals surface area contributed by atoms with E-state index in [1.807, 2.05) is 12.2 Å². The number of rotatable bonds is 7. The number of fused-ring (bicyclic) bond motifs is 1. The number of hydrogen-bond acceptors (Lipinski definition) is 5. The van der Waals surface area contributed by atoms with Gasteiger partial charge in [0.2, 0.25) is 17.7 Å². The topological polar surface area (TPSA) is 91.0 Å². The molecule has 228 valence electrons. The van der Waals surface area contributed by atoms with E-state index < -0.39 is 29.6 Å². The third-order valence-electron chi connectivity index (χ3n) is 10.4. The highest BCUT2D eigenvalue weighted by Gasteiger charge is 2.72. The fourth-order valence-corrected chi connectivity index (χ4v) is 8.54. The summed E-state index contributed by atoms with van der Waals surface area (Å²) < 4.78 is 6.53. The normalized spacial score (nSPS) is 36.1. The second kappa shape index (κ2) is 12.1. The standard InChI is InChI=1S/C32H42Cl2N4O4/c1-19-8-7-9-24(20(19)2)36-30(40)28-32-11-10-25(42-32)26(29(39)35-23-17-21(33)16-22(34)18-23)27(32)31(41)38(28)15-14-37-12-5-3-4-6-13-37/h10-11,16-20,24-28H,3-9,12-15H2,1-2H3,(H,35,39)(H,36,40)/t19-,20+,24+,25+,26+,27+,28+,32+/m1/s1. The van der Waals surface area contributed by atoms with Crippen LogP contribution >= 0.6 is 23.2 Å². The predicted molar refractivity (Wildman–Crippen MR) is 163 cm³/mol. The van der Waals surface area contributed by atoms with E-state index in [1.165, 1.54) is 12.8 Å². The van der Waals surface area contributed by atoms with E-state index in [0.29, 0.717) is 40.7 Å². The van der Waals surface area contributed by atoms with Gasteiger partial charge in [-0.25, -0.2) is 0 Å². The molecule has 1 spiro atoms. The van der Waals surface area contributed by atoms with Crippen molar-refractivity contribution in [3.05, 3.63) is 40.4 Å². The van der Waals surface area contributed by atoms with Crippen LogP contribution in [0, 0.1) is 23.7 Å². The number of anilines is 1. The molecule has 10 heteroatoms. The lowest BCUT2D eigenvalue weighted by Crippen LogP contribution is -2.58. The number of carbonyl (C=O) groups is 3. The number of likely N-dealkylation sites (tertiary alicyclic amines) is 2. The highest BCUT2D eigenvalue weighted by Crippen LogP contribution is 2.55. The molecule has 0 unspecified atom stereocenters. The third-order valence-corrected chi connectivity index (χ3v) is 10.9. The molecule has 2 bridgehead atoms. The maximum absolute atomic E-state index is 14.3. The summed E-state index contributed by atoms with van der Waals surface area (Å²) in [7, 11) is 0. The van der Waals surface area contributed by atoms with Gasteiger partial charge in [0.1, 0.15) is 11.6 Å². The fraction of sp³-hybridized carbons (Fsp3) is 0.656. The van der Waals surface area contributed by atoms with Gasteiger partial charge in [0.15, 0.2) is 0 Å². The molecule has 1 aliphatic carbocycles. The Morgan fingerprint density at radius 1 is 0.976 bits per heavy atom. The third kappa shape index (κ3) is 5.49. The first kappa shape index (κ1) is 29.9. The first-order chi connectivity index (χ1) is 20.2. The predicted octanol–water partition coefficient (Wildman–Crippen LogP) is 4.90. The summed E-state index contributed by atoms with van der Waals surface area (Å²) in [5.41, 5.74) is -0.723. The minimum absolute atomic E-state index is 0.0496. The molecule has 2 N–H and O–H groups in total. The van der Waals surface area contributed by atoms with E-state index in [4.69, 9.17) is 27.9 Å². The Morgan fingerprint density at radius 3 is 2.40 bits per heavy atom. The highest BCUT2D eigenvalue weighted by atomic mass is 35.5. The molecule has 1 aromatic rings.